The Morgan fingerprint density at radius 3 is 2.81 bits per heavy atom. The molecule has 0 aliphatic rings. The number of nitrogens with zero attached hydrogens (tertiary/aromatic N) is 2. The molecule has 8 heteroatoms. The van der Waals surface area contributed by atoms with Gasteiger partial charge in [-0.15, -0.1) is 0 Å². The lowest BCUT2D eigenvalue weighted by atomic mass is 10.2. The maximum absolute atomic E-state index is 6.24. The van der Waals surface area contributed by atoms with Crippen molar-refractivity contribution in [3.63, 3.8) is 0 Å². The molecule has 2 rings (SSSR count). The Balaban J connectivity index is 2.21. The molecule has 0 saturated heterocycles. The average molecular weight is 329 g/mol. The molecule has 0 radical (unpaired) electrons. The minimum Gasteiger partial charge on any atom is -0.493 e. The van der Waals surface area contributed by atoms with Gasteiger partial charge in [-0.2, -0.15) is 5.10 Å². The van der Waals surface area contributed by atoms with Crippen LogP contribution in [-0.2, 0) is 6.54 Å². The van der Waals surface area contributed by atoms with Crippen LogP contribution in [0.1, 0.15) is 18.3 Å². The highest BCUT2D eigenvalue weighted by molar-refractivity contribution is 7.71. The van der Waals surface area contributed by atoms with Gasteiger partial charge in [0.2, 0.25) is 4.77 Å². The van der Waals surface area contributed by atoms with Crippen LogP contribution in [-0.4, -0.2) is 28.6 Å². The quantitative estimate of drug-likeness (QED) is 0.798. The zero-order chi connectivity index (χ0) is 15.4. The Hall–Kier alpha value is -1.73. The summed E-state index contributed by atoms with van der Waals surface area (Å²) in [6.45, 7) is 4.80. The van der Waals surface area contributed by atoms with Gasteiger partial charge in [-0.3, -0.25) is 5.10 Å². The highest BCUT2D eigenvalue weighted by Gasteiger charge is 2.12. The van der Waals surface area contributed by atoms with E-state index < -0.39 is 0 Å². The number of nitrogens with one attached hydrogen (secondary N) is 2. The summed E-state index contributed by atoms with van der Waals surface area (Å²) in [4.78, 5) is 0. The van der Waals surface area contributed by atoms with Crippen LogP contribution in [0.3, 0.4) is 0 Å². The maximum atomic E-state index is 6.24. The van der Waals surface area contributed by atoms with E-state index in [9.17, 15) is 0 Å². The Morgan fingerprint density at radius 2 is 2.24 bits per heavy atom. The zero-order valence-corrected chi connectivity index (χ0v) is 13.6. The second-order valence-electron chi connectivity index (χ2n) is 4.29. The summed E-state index contributed by atoms with van der Waals surface area (Å²) < 4.78 is 13.0. The average Bonchev–Trinajstić information content (AvgIpc) is 2.78. The summed E-state index contributed by atoms with van der Waals surface area (Å²) in [5.41, 5.74) is 4.12. The van der Waals surface area contributed by atoms with Crippen LogP contribution in [0.5, 0.6) is 11.5 Å². The summed E-state index contributed by atoms with van der Waals surface area (Å²) in [5.74, 6) is 1.92. The number of hydrogen-bond acceptors (Lipinski definition) is 5. The molecule has 0 atom stereocenters. The van der Waals surface area contributed by atoms with Gasteiger partial charge in [0.15, 0.2) is 11.5 Å². The van der Waals surface area contributed by atoms with Gasteiger partial charge in [-0.05, 0) is 43.8 Å². The van der Waals surface area contributed by atoms with Gasteiger partial charge in [0.1, 0.15) is 5.82 Å². The molecule has 0 amide bonds. The van der Waals surface area contributed by atoms with E-state index in [1.807, 2.05) is 26.0 Å². The van der Waals surface area contributed by atoms with Crippen LogP contribution in [0.2, 0.25) is 5.02 Å². The van der Waals surface area contributed by atoms with Gasteiger partial charge in [-0.1, -0.05) is 11.6 Å². The van der Waals surface area contributed by atoms with E-state index in [1.165, 1.54) is 0 Å². The van der Waals surface area contributed by atoms with E-state index in [0.29, 0.717) is 34.4 Å². The standard InChI is InChI=1S/C13H17ClN4O2S/c1-4-20-12-10(14)5-9(6-11(12)19-3)7-15-18-8(2)16-17-13(18)21/h5-6,15H,4,7H2,1-3H3,(H,17,21). The first kappa shape index (κ1) is 15.7. The molecular weight excluding hydrogens is 312 g/mol. The molecule has 2 aromatic rings. The van der Waals surface area contributed by atoms with E-state index in [-0.39, 0.29) is 0 Å². The molecule has 114 valence electrons. The largest absolute Gasteiger partial charge is 0.493 e. The van der Waals surface area contributed by atoms with Gasteiger partial charge in [0, 0.05) is 0 Å². The fraction of sp³-hybridized carbons (Fsp3) is 0.385. The number of benzene rings is 1. The maximum Gasteiger partial charge on any atom is 0.214 e. The van der Waals surface area contributed by atoms with Crippen molar-refractivity contribution in [2.24, 2.45) is 0 Å². The molecule has 0 spiro atoms. The molecule has 6 nitrogen and oxygen atoms in total. The molecule has 21 heavy (non-hydrogen) atoms. The summed E-state index contributed by atoms with van der Waals surface area (Å²) in [7, 11) is 1.59. The van der Waals surface area contributed by atoms with Crippen molar-refractivity contribution in [2.75, 3.05) is 19.1 Å². The summed E-state index contributed by atoms with van der Waals surface area (Å²) in [6, 6.07) is 3.71. The summed E-state index contributed by atoms with van der Waals surface area (Å²) in [5, 5.41) is 7.26. The van der Waals surface area contributed by atoms with Crippen molar-refractivity contribution in [1.82, 2.24) is 14.9 Å². The summed E-state index contributed by atoms with van der Waals surface area (Å²) in [6.07, 6.45) is 0. The van der Waals surface area contributed by atoms with E-state index in [2.05, 4.69) is 15.6 Å². The molecule has 0 saturated carbocycles. The third-order valence-electron chi connectivity index (χ3n) is 2.86. The lowest BCUT2D eigenvalue weighted by molar-refractivity contribution is 0.311. The first-order chi connectivity index (χ1) is 10.1. The number of rotatable bonds is 6. The minimum atomic E-state index is 0.511. The lowest BCUT2D eigenvalue weighted by Gasteiger charge is -2.14. The predicted octanol–water partition coefficient (Wildman–Crippen LogP) is 3.05. The van der Waals surface area contributed by atoms with Crippen LogP contribution < -0.4 is 14.9 Å². The molecule has 1 aromatic heterocycles. The van der Waals surface area contributed by atoms with E-state index in [4.69, 9.17) is 33.3 Å². The van der Waals surface area contributed by atoms with Crippen molar-refractivity contribution in [3.8, 4) is 11.5 Å². The molecule has 0 aliphatic carbocycles. The van der Waals surface area contributed by atoms with Gasteiger partial charge >= 0.3 is 0 Å². The fourth-order valence-corrected chi connectivity index (χ4v) is 2.42. The second-order valence-corrected chi connectivity index (χ2v) is 5.08. The number of hydrogen-bond donors (Lipinski definition) is 2. The molecule has 0 bridgehead atoms. The van der Waals surface area contributed by atoms with Gasteiger partial charge in [0.05, 0.1) is 25.3 Å². The highest BCUT2D eigenvalue weighted by Crippen LogP contribution is 2.36. The van der Waals surface area contributed by atoms with Crippen LogP contribution in [0.4, 0.5) is 0 Å². The van der Waals surface area contributed by atoms with Crippen LogP contribution in [0.15, 0.2) is 12.1 Å². The first-order valence-corrected chi connectivity index (χ1v) is 7.22. The van der Waals surface area contributed by atoms with Crippen molar-refractivity contribution in [1.29, 1.82) is 0 Å². The van der Waals surface area contributed by atoms with Gasteiger partial charge < -0.3 is 14.9 Å². The number of ether oxygens (including phenoxy) is 2. The first-order valence-electron chi connectivity index (χ1n) is 6.44. The van der Waals surface area contributed by atoms with Gasteiger partial charge in [-0.25, -0.2) is 4.68 Å². The van der Waals surface area contributed by atoms with Crippen molar-refractivity contribution in [2.45, 2.75) is 20.4 Å². The topological polar surface area (TPSA) is 64.1 Å². The Labute approximate surface area is 133 Å². The normalized spacial score (nSPS) is 10.5. The lowest BCUT2D eigenvalue weighted by Crippen LogP contribution is -2.16. The van der Waals surface area contributed by atoms with Crippen molar-refractivity contribution < 1.29 is 9.47 Å². The van der Waals surface area contributed by atoms with E-state index >= 15 is 0 Å². The second kappa shape index (κ2) is 6.82. The molecule has 0 unspecified atom stereocenters. The SMILES string of the molecule is CCOc1c(Cl)cc(CNn2c(C)n[nH]c2=S)cc1OC. The molecular formula is C13H17ClN4O2S. The minimum absolute atomic E-state index is 0.511. The van der Waals surface area contributed by atoms with Crippen LogP contribution in [0, 0.1) is 11.7 Å². The molecule has 0 aliphatic heterocycles. The number of aryl methyl sites for hydroxylation is 1. The monoisotopic (exact) mass is 328 g/mol. The molecule has 1 aromatic carbocycles. The summed E-state index contributed by atoms with van der Waals surface area (Å²) >= 11 is 11.4. The van der Waals surface area contributed by atoms with Crippen LogP contribution in [0.25, 0.3) is 0 Å². The van der Waals surface area contributed by atoms with Crippen molar-refractivity contribution in [3.05, 3.63) is 33.3 Å². The zero-order valence-electron chi connectivity index (χ0n) is 12.1. The number of methoxy groups -OCH3 is 1. The molecule has 1 heterocycles. The van der Waals surface area contributed by atoms with Crippen molar-refractivity contribution >= 4 is 23.8 Å². The van der Waals surface area contributed by atoms with Gasteiger partial charge in [0.25, 0.3) is 0 Å². The number of aromatic amines is 1. The third kappa shape index (κ3) is 3.48. The third-order valence-corrected chi connectivity index (χ3v) is 3.41. The van der Waals surface area contributed by atoms with Crippen LogP contribution >= 0.6 is 23.8 Å². The van der Waals surface area contributed by atoms with E-state index in [1.54, 1.807) is 11.8 Å². The highest BCUT2D eigenvalue weighted by atomic mass is 35.5. The number of H-pyrrole nitrogens is 1. The Bertz CT molecular complexity index is 683. The molecule has 0 fully saturated rings. The molecule has 2 N–H and O–H groups in total. The predicted molar refractivity (Wildman–Crippen MR) is 84.4 cm³/mol. The Morgan fingerprint density at radius 1 is 1.48 bits per heavy atom. The number of aromatic nitrogens is 3. The number of halogens is 1. The fourth-order valence-electron chi connectivity index (χ4n) is 1.89. The Kier molecular flexibility index (Phi) is 5.08. The smallest absolute Gasteiger partial charge is 0.214 e. The van der Waals surface area contributed by atoms with E-state index in [0.717, 1.165) is 11.4 Å².